The minimum atomic E-state index is -4.12. The number of aliphatic carboxylic acids is 2. The number of carboxylic acid groups (broad SMARTS) is 2. The van der Waals surface area contributed by atoms with Gasteiger partial charge in [-0.3, -0.25) is 9.59 Å². The van der Waals surface area contributed by atoms with E-state index in [1.807, 2.05) is 4.72 Å². The summed E-state index contributed by atoms with van der Waals surface area (Å²) in [4.78, 5) is 21.4. The Kier molecular flexibility index (Phi) is 4.14. The van der Waals surface area contributed by atoms with Crippen LogP contribution in [0.1, 0.15) is 12.0 Å². The summed E-state index contributed by atoms with van der Waals surface area (Å²) in [5, 5.41) is 17.5. The summed E-state index contributed by atoms with van der Waals surface area (Å²) in [6.45, 7) is 0.461. The second-order valence-corrected chi connectivity index (χ2v) is 6.19. The average molecular weight is 315 g/mol. The largest absolute Gasteiger partial charge is 0.493 e. The highest BCUT2D eigenvalue weighted by Crippen LogP contribution is 2.27. The van der Waals surface area contributed by atoms with E-state index < -0.39 is 34.4 Å². The van der Waals surface area contributed by atoms with Crippen LogP contribution in [0.5, 0.6) is 5.75 Å². The van der Waals surface area contributed by atoms with Gasteiger partial charge in [-0.2, -0.15) is 4.72 Å². The Morgan fingerprint density at radius 3 is 2.67 bits per heavy atom. The predicted molar refractivity (Wildman–Crippen MR) is 69.6 cm³/mol. The van der Waals surface area contributed by atoms with Crippen LogP contribution >= 0.6 is 0 Å². The zero-order valence-corrected chi connectivity index (χ0v) is 11.6. The first kappa shape index (κ1) is 15.3. The molecule has 0 radical (unpaired) electrons. The molecule has 3 N–H and O–H groups in total. The van der Waals surface area contributed by atoms with Crippen LogP contribution in [0, 0.1) is 0 Å². The van der Waals surface area contributed by atoms with E-state index >= 15 is 0 Å². The molecule has 0 spiro atoms. The molecule has 0 bridgehead atoms. The van der Waals surface area contributed by atoms with Crippen molar-refractivity contribution in [3.05, 3.63) is 23.8 Å². The van der Waals surface area contributed by atoms with E-state index in [4.69, 9.17) is 14.9 Å². The molecule has 1 aliphatic rings. The molecular formula is C12H13NO7S. The molecule has 1 aliphatic heterocycles. The second kappa shape index (κ2) is 5.70. The first-order chi connectivity index (χ1) is 9.79. The van der Waals surface area contributed by atoms with Crippen molar-refractivity contribution in [2.24, 2.45) is 0 Å². The lowest BCUT2D eigenvalue weighted by molar-refractivity contribution is -0.145. The highest BCUT2D eigenvalue weighted by Gasteiger charge is 2.28. The van der Waals surface area contributed by atoms with Crippen LogP contribution in [-0.2, 0) is 26.0 Å². The highest BCUT2D eigenvalue weighted by molar-refractivity contribution is 7.89. The van der Waals surface area contributed by atoms with Crippen LogP contribution in [0.4, 0.5) is 0 Å². The lowest BCUT2D eigenvalue weighted by atomic mass is 10.2. The molecule has 114 valence electrons. The summed E-state index contributed by atoms with van der Waals surface area (Å²) in [5.41, 5.74) is 0.711. The van der Waals surface area contributed by atoms with E-state index in [-0.39, 0.29) is 4.90 Å². The van der Waals surface area contributed by atoms with Gasteiger partial charge in [0.05, 0.1) is 17.9 Å². The maximum absolute atomic E-state index is 12.1. The monoisotopic (exact) mass is 315 g/mol. The fraction of sp³-hybridized carbons (Fsp3) is 0.333. The molecule has 1 aromatic carbocycles. The van der Waals surface area contributed by atoms with Crippen molar-refractivity contribution in [3.63, 3.8) is 0 Å². The number of sulfonamides is 1. The number of fused-ring (bicyclic) bond motifs is 1. The lowest BCUT2D eigenvalue weighted by Gasteiger charge is -2.13. The van der Waals surface area contributed by atoms with Gasteiger partial charge >= 0.3 is 11.9 Å². The Hall–Kier alpha value is -2.13. The molecule has 1 heterocycles. The molecule has 0 aliphatic carbocycles. The smallest absolute Gasteiger partial charge is 0.322 e. The Morgan fingerprint density at radius 2 is 2.05 bits per heavy atom. The van der Waals surface area contributed by atoms with Crippen molar-refractivity contribution < 1.29 is 33.0 Å². The van der Waals surface area contributed by atoms with Gasteiger partial charge in [0.1, 0.15) is 11.8 Å². The Bertz CT molecular complexity index is 683. The maximum Gasteiger partial charge on any atom is 0.322 e. The standard InChI is InChI=1S/C12H13NO7S/c14-11(15)6-9(12(16)17)13-21(18,19)8-1-2-10-7(5-8)3-4-20-10/h1-2,5,9,13H,3-4,6H2,(H,14,15)(H,16,17)/t9-/m0/s1. The number of carboxylic acids is 2. The molecule has 9 heteroatoms. The normalized spacial score (nSPS) is 15.0. The quantitative estimate of drug-likeness (QED) is 0.664. The fourth-order valence-electron chi connectivity index (χ4n) is 1.94. The fourth-order valence-corrected chi connectivity index (χ4v) is 3.18. The minimum absolute atomic E-state index is 0.122. The molecule has 0 fully saturated rings. The summed E-state index contributed by atoms with van der Waals surface area (Å²) in [6.07, 6.45) is -0.279. The second-order valence-electron chi connectivity index (χ2n) is 4.48. The molecule has 0 unspecified atom stereocenters. The predicted octanol–water partition coefficient (Wildman–Crippen LogP) is -0.172. The SMILES string of the molecule is O=C(O)C[C@H](NS(=O)(=O)c1ccc2c(c1)CCO2)C(=O)O. The summed E-state index contributed by atoms with van der Waals surface area (Å²) in [6, 6.07) is 2.44. The maximum atomic E-state index is 12.1. The summed E-state index contributed by atoms with van der Waals surface area (Å²) in [7, 11) is -4.12. The number of rotatable bonds is 6. The van der Waals surface area contributed by atoms with Gasteiger partial charge < -0.3 is 14.9 Å². The van der Waals surface area contributed by atoms with Gasteiger partial charge in [-0.15, -0.1) is 0 Å². The van der Waals surface area contributed by atoms with E-state index in [1.165, 1.54) is 18.2 Å². The molecule has 0 saturated carbocycles. The summed E-state index contributed by atoms with van der Waals surface area (Å²) in [5.74, 6) is -2.37. The third kappa shape index (κ3) is 3.50. The van der Waals surface area contributed by atoms with Crippen molar-refractivity contribution >= 4 is 22.0 Å². The third-order valence-corrected chi connectivity index (χ3v) is 4.41. The molecule has 2 rings (SSSR count). The lowest BCUT2D eigenvalue weighted by Crippen LogP contribution is -2.42. The molecule has 8 nitrogen and oxygen atoms in total. The highest BCUT2D eigenvalue weighted by atomic mass is 32.2. The zero-order valence-electron chi connectivity index (χ0n) is 10.8. The van der Waals surface area contributed by atoms with Gasteiger partial charge in [-0.1, -0.05) is 0 Å². The van der Waals surface area contributed by atoms with Crippen LogP contribution in [0.15, 0.2) is 23.1 Å². The van der Waals surface area contributed by atoms with Crippen LogP contribution in [0.2, 0.25) is 0 Å². The van der Waals surface area contributed by atoms with E-state index in [9.17, 15) is 18.0 Å². The Balaban J connectivity index is 2.24. The van der Waals surface area contributed by atoms with Gasteiger partial charge in [0.25, 0.3) is 0 Å². The minimum Gasteiger partial charge on any atom is -0.493 e. The number of hydrogen-bond donors (Lipinski definition) is 3. The number of carbonyl (C=O) groups is 2. The van der Waals surface area contributed by atoms with Crippen LogP contribution in [0.25, 0.3) is 0 Å². The summed E-state index contributed by atoms with van der Waals surface area (Å²) >= 11 is 0. The number of nitrogens with one attached hydrogen (secondary N) is 1. The molecule has 1 atom stereocenters. The van der Waals surface area contributed by atoms with Crippen molar-refractivity contribution in [2.75, 3.05) is 6.61 Å². The Morgan fingerprint density at radius 1 is 1.33 bits per heavy atom. The molecule has 1 aromatic rings. The molecule has 0 aromatic heterocycles. The van der Waals surface area contributed by atoms with Crippen molar-refractivity contribution in [2.45, 2.75) is 23.8 Å². The van der Waals surface area contributed by atoms with Crippen molar-refractivity contribution in [1.29, 1.82) is 0 Å². The van der Waals surface area contributed by atoms with Gasteiger partial charge in [-0.05, 0) is 23.8 Å². The van der Waals surface area contributed by atoms with E-state index in [2.05, 4.69) is 0 Å². The van der Waals surface area contributed by atoms with Crippen molar-refractivity contribution in [1.82, 2.24) is 4.72 Å². The topological polar surface area (TPSA) is 130 Å². The van der Waals surface area contributed by atoms with Gasteiger partial charge in [0.15, 0.2) is 0 Å². The summed E-state index contributed by atoms with van der Waals surface area (Å²) < 4.78 is 31.4. The van der Waals surface area contributed by atoms with Crippen LogP contribution in [0.3, 0.4) is 0 Å². The number of hydrogen-bond acceptors (Lipinski definition) is 5. The Labute approximate surface area is 120 Å². The van der Waals surface area contributed by atoms with Crippen LogP contribution in [-0.4, -0.2) is 43.2 Å². The molecule has 0 amide bonds. The number of ether oxygens (including phenoxy) is 1. The molecule has 0 saturated heterocycles. The van der Waals surface area contributed by atoms with Gasteiger partial charge in [-0.25, -0.2) is 8.42 Å². The third-order valence-electron chi connectivity index (χ3n) is 2.95. The first-order valence-electron chi connectivity index (χ1n) is 6.02. The van der Waals surface area contributed by atoms with Crippen molar-refractivity contribution in [3.8, 4) is 5.75 Å². The van der Waals surface area contributed by atoms with E-state index in [0.29, 0.717) is 24.3 Å². The molecular weight excluding hydrogens is 302 g/mol. The van der Waals surface area contributed by atoms with E-state index in [1.54, 1.807) is 0 Å². The number of benzene rings is 1. The van der Waals surface area contributed by atoms with Crippen LogP contribution < -0.4 is 9.46 Å². The van der Waals surface area contributed by atoms with Gasteiger partial charge in [0.2, 0.25) is 10.0 Å². The first-order valence-corrected chi connectivity index (χ1v) is 7.50. The molecule has 21 heavy (non-hydrogen) atoms. The zero-order chi connectivity index (χ0) is 15.6. The average Bonchev–Trinajstić information content (AvgIpc) is 2.84. The van der Waals surface area contributed by atoms with E-state index in [0.717, 1.165) is 0 Å². The van der Waals surface area contributed by atoms with Gasteiger partial charge in [0, 0.05) is 6.42 Å².